The summed E-state index contributed by atoms with van der Waals surface area (Å²) >= 11 is 0. The minimum atomic E-state index is -3.44. The summed E-state index contributed by atoms with van der Waals surface area (Å²) in [6.07, 6.45) is 2.31. The second-order valence-electron chi connectivity index (χ2n) is 7.07. The van der Waals surface area contributed by atoms with Crippen LogP contribution in [0.4, 0.5) is 0 Å². The summed E-state index contributed by atoms with van der Waals surface area (Å²) in [6, 6.07) is 5.82. The summed E-state index contributed by atoms with van der Waals surface area (Å²) in [7, 11) is -2.01. The fourth-order valence-electron chi connectivity index (χ4n) is 4.09. The summed E-state index contributed by atoms with van der Waals surface area (Å²) in [4.78, 5) is 26.2. The molecule has 1 aliphatic heterocycles. The fourth-order valence-corrected chi connectivity index (χ4v) is 5.26. The highest BCUT2D eigenvalue weighted by molar-refractivity contribution is 7.91. The Morgan fingerprint density at radius 2 is 2.00 bits per heavy atom. The van der Waals surface area contributed by atoms with Gasteiger partial charge in [-0.05, 0) is 43.0 Å². The van der Waals surface area contributed by atoms with E-state index < -0.39 is 21.2 Å². The normalized spacial score (nSPS) is 25.3. The predicted molar refractivity (Wildman–Crippen MR) is 93.7 cm³/mol. The molecule has 2 aliphatic rings. The fraction of sp³-hybridized carbons (Fsp3) is 0.556. The van der Waals surface area contributed by atoms with Crippen molar-refractivity contribution in [3.63, 3.8) is 0 Å². The third-order valence-electron chi connectivity index (χ3n) is 5.60. The molecule has 1 aromatic carbocycles. The van der Waals surface area contributed by atoms with E-state index in [1.807, 2.05) is 0 Å². The van der Waals surface area contributed by atoms with Gasteiger partial charge in [0.2, 0.25) is 0 Å². The molecule has 1 heterocycles. The Labute approximate surface area is 152 Å². The van der Waals surface area contributed by atoms with Crippen molar-refractivity contribution in [2.75, 3.05) is 32.6 Å². The maximum absolute atomic E-state index is 12.7. The molecule has 1 aliphatic carbocycles. The van der Waals surface area contributed by atoms with Crippen LogP contribution in [0.2, 0.25) is 0 Å². The van der Waals surface area contributed by atoms with Crippen molar-refractivity contribution in [1.82, 2.24) is 4.90 Å². The Balaban J connectivity index is 1.74. The number of rotatable bonds is 6. The maximum Gasteiger partial charge on any atom is 0.311 e. The van der Waals surface area contributed by atoms with E-state index in [1.54, 1.807) is 4.90 Å². The zero-order chi connectivity index (χ0) is 18.9. The monoisotopic (exact) mass is 381 g/mol. The van der Waals surface area contributed by atoms with Crippen molar-refractivity contribution < 1.29 is 27.9 Å². The molecule has 0 aromatic heterocycles. The van der Waals surface area contributed by atoms with Crippen LogP contribution in [0.5, 0.6) is 0 Å². The highest BCUT2D eigenvalue weighted by atomic mass is 32.2. The first-order valence-corrected chi connectivity index (χ1v) is 10.3. The van der Waals surface area contributed by atoms with Crippen molar-refractivity contribution in [2.45, 2.75) is 24.2 Å². The largest absolute Gasteiger partial charge is 0.481 e. The number of aliphatic carboxylic acids is 1. The van der Waals surface area contributed by atoms with E-state index in [4.69, 9.17) is 4.74 Å². The summed E-state index contributed by atoms with van der Waals surface area (Å²) in [5.41, 5.74) is -0.449. The average molecular weight is 381 g/mol. The lowest BCUT2D eigenvalue weighted by atomic mass is 9.81. The van der Waals surface area contributed by atoms with Crippen LogP contribution in [0.3, 0.4) is 0 Å². The van der Waals surface area contributed by atoms with Crippen LogP contribution in [-0.2, 0) is 19.4 Å². The lowest BCUT2D eigenvalue weighted by Gasteiger charge is -2.23. The predicted octanol–water partition coefficient (Wildman–Crippen LogP) is 1.43. The molecule has 26 heavy (non-hydrogen) atoms. The number of sulfone groups is 1. The highest BCUT2D eigenvalue weighted by Gasteiger charge is 2.55. The van der Waals surface area contributed by atoms with Crippen molar-refractivity contribution in [3.8, 4) is 0 Å². The van der Waals surface area contributed by atoms with E-state index in [0.29, 0.717) is 18.5 Å². The number of carbonyl (C=O) groups excluding carboxylic acids is 1. The number of amides is 1. The van der Waals surface area contributed by atoms with Gasteiger partial charge >= 0.3 is 5.97 Å². The number of carbonyl (C=O) groups is 2. The van der Waals surface area contributed by atoms with Gasteiger partial charge in [-0.15, -0.1) is 0 Å². The van der Waals surface area contributed by atoms with Crippen molar-refractivity contribution in [2.24, 2.45) is 11.3 Å². The molecule has 1 saturated carbocycles. The molecule has 1 saturated heterocycles. The number of nitrogens with zero attached hydrogens (tertiary/aromatic N) is 1. The summed E-state index contributed by atoms with van der Waals surface area (Å²) in [5.74, 6) is -1.19. The Morgan fingerprint density at radius 1 is 1.31 bits per heavy atom. The molecule has 1 aromatic rings. The molecule has 142 valence electrons. The molecule has 1 N–H and O–H groups in total. The van der Waals surface area contributed by atoms with Gasteiger partial charge in [0.1, 0.15) is 0 Å². The molecule has 1 amide bonds. The Bertz CT molecular complexity index is 803. The third kappa shape index (κ3) is 3.23. The van der Waals surface area contributed by atoms with Gasteiger partial charge in [0, 0.05) is 25.8 Å². The molecule has 7 nitrogen and oxygen atoms in total. The Morgan fingerprint density at radius 3 is 2.58 bits per heavy atom. The van der Waals surface area contributed by atoms with Gasteiger partial charge in [0.05, 0.1) is 22.7 Å². The number of likely N-dealkylation sites (tertiary alicyclic amines) is 1. The van der Waals surface area contributed by atoms with Gasteiger partial charge in [-0.3, -0.25) is 9.59 Å². The molecule has 2 atom stereocenters. The van der Waals surface area contributed by atoms with Crippen LogP contribution in [0, 0.1) is 11.3 Å². The highest BCUT2D eigenvalue weighted by Crippen LogP contribution is 2.49. The quantitative estimate of drug-likeness (QED) is 0.800. The van der Waals surface area contributed by atoms with E-state index in [-0.39, 0.29) is 35.6 Å². The van der Waals surface area contributed by atoms with Gasteiger partial charge in [-0.2, -0.15) is 0 Å². The lowest BCUT2D eigenvalue weighted by Crippen LogP contribution is -2.37. The SMILES string of the molecule is COCCS(=O)(=O)c1ccc(C(=O)N2C[C@@H]3CCC[C@@]3(C(=O)O)C2)cc1. The first-order chi connectivity index (χ1) is 12.3. The second kappa shape index (κ2) is 7.00. The number of ether oxygens (including phenoxy) is 1. The number of benzene rings is 1. The minimum Gasteiger partial charge on any atom is -0.481 e. The number of methoxy groups -OCH3 is 1. The molecule has 2 fully saturated rings. The second-order valence-corrected chi connectivity index (χ2v) is 9.18. The molecular formula is C18H23NO6S. The van der Waals surface area contributed by atoms with Gasteiger partial charge in [-0.1, -0.05) is 6.42 Å². The summed E-state index contributed by atoms with van der Waals surface area (Å²) < 4.78 is 29.1. The topological polar surface area (TPSA) is 101 Å². The van der Waals surface area contributed by atoms with E-state index >= 15 is 0 Å². The molecule has 0 radical (unpaired) electrons. The smallest absolute Gasteiger partial charge is 0.311 e. The van der Waals surface area contributed by atoms with Gasteiger partial charge in [0.15, 0.2) is 9.84 Å². The number of hydrogen-bond acceptors (Lipinski definition) is 5. The third-order valence-corrected chi connectivity index (χ3v) is 7.29. The van der Waals surface area contributed by atoms with Crippen LogP contribution >= 0.6 is 0 Å². The van der Waals surface area contributed by atoms with E-state index in [1.165, 1.54) is 31.4 Å². The summed E-state index contributed by atoms with van der Waals surface area (Å²) in [5, 5.41) is 9.63. The molecule has 8 heteroatoms. The van der Waals surface area contributed by atoms with Crippen LogP contribution in [0.15, 0.2) is 29.2 Å². The molecule has 0 spiro atoms. The minimum absolute atomic E-state index is 0.00218. The van der Waals surface area contributed by atoms with Crippen LogP contribution in [0.25, 0.3) is 0 Å². The maximum atomic E-state index is 12.7. The van der Waals surface area contributed by atoms with Gasteiger partial charge < -0.3 is 14.7 Å². The first-order valence-electron chi connectivity index (χ1n) is 8.64. The van der Waals surface area contributed by atoms with E-state index in [0.717, 1.165) is 12.8 Å². The van der Waals surface area contributed by atoms with E-state index in [2.05, 4.69) is 0 Å². The van der Waals surface area contributed by atoms with Crippen molar-refractivity contribution >= 4 is 21.7 Å². The zero-order valence-corrected chi connectivity index (χ0v) is 15.5. The van der Waals surface area contributed by atoms with Gasteiger partial charge in [0.25, 0.3) is 5.91 Å². The number of fused-ring (bicyclic) bond motifs is 1. The Kier molecular flexibility index (Phi) is 5.07. The van der Waals surface area contributed by atoms with Crippen LogP contribution < -0.4 is 0 Å². The van der Waals surface area contributed by atoms with Crippen molar-refractivity contribution in [1.29, 1.82) is 0 Å². The first kappa shape index (κ1) is 18.8. The van der Waals surface area contributed by atoms with Crippen LogP contribution in [-0.4, -0.2) is 62.9 Å². The molecule has 0 bridgehead atoms. The van der Waals surface area contributed by atoms with Crippen molar-refractivity contribution in [3.05, 3.63) is 29.8 Å². The van der Waals surface area contributed by atoms with Gasteiger partial charge in [-0.25, -0.2) is 8.42 Å². The average Bonchev–Trinajstić information content (AvgIpc) is 3.18. The van der Waals surface area contributed by atoms with E-state index in [9.17, 15) is 23.1 Å². The standard InChI is InChI=1S/C18H23NO6S/c1-25-9-10-26(23,24)15-6-4-13(5-7-15)16(20)19-11-14-3-2-8-18(14,12-19)17(21)22/h4-7,14H,2-3,8-12H2,1H3,(H,21,22)/t14-,18+/m0/s1. The molecular weight excluding hydrogens is 358 g/mol. The number of carboxylic acids is 1. The lowest BCUT2D eigenvalue weighted by molar-refractivity contribution is -0.149. The Hall–Kier alpha value is -1.93. The number of carboxylic acid groups (broad SMARTS) is 1. The zero-order valence-electron chi connectivity index (χ0n) is 14.7. The number of hydrogen-bond donors (Lipinski definition) is 1. The summed E-state index contributed by atoms with van der Waals surface area (Å²) in [6.45, 7) is 0.772. The van der Waals surface area contributed by atoms with Crippen LogP contribution in [0.1, 0.15) is 29.6 Å². The molecule has 0 unspecified atom stereocenters. The molecule has 3 rings (SSSR count).